The molecule has 0 radical (unpaired) electrons. The summed E-state index contributed by atoms with van der Waals surface area (Å²) in [6.45, 7) is 2.15. The molecule has 0 bridgehead atoms. The molecule has 2 aromatic carbocycles. The number of anilines is 2. The van der Waals surface area contributed by atoms with Crippen LogP contribution in [0.1, 0.15) is 28.1 Å². The van der Waals surface area contributed by atoms with Gasteiger partial charge in [0.1, 0.15) is 5.82 Å². The van der Waals surface area contributed by atoms with Gasteiger partial charge in [0.2, 0.25) is 11.8 Å². The van der Waals surface area contributed by atoms with Crippen LogP contribution in [0.2, 0.25) is 0 Å². The minimum atomic E-state index is -0.501. The van der Waals surface area contributed by atoms with Crippen LogP contribution in [0.5, 0.6) is 0 Å². The second-order valence-electron chi connectivity index (χ2n) is 7.69. The van der Waals surface area contributed by atoms with Crippen molar-refractivity contribution < 1.29 is 23.2 Å². The Balaban J connectivity index is 1.30. The number of hydrogen-bond acceptors (Lipinski definition) is 4. The molecule has 1 fully saturated rings. The lowest BCUT2D eigenvalue weighted by Crippen LogP contribution is -2.32. The van der Waals surface area contributed by atoms with Crippen LogP contribution in [0.4, 0.5) is 15.8 Å². The van der Waals surface area contributed by atoms with E-state index in [-0.39, 0.29) is 48.8 Å². The first-order chi connectivity index (χ1) is 15.4. The Bertz CT molecular complexity index is 1140. The average molecular weight is 435 g/mol. The van der Waals surface area contributed by atoms with Gasteiger partial charge in [0.15, 0.2) is 5.76 Å². The Labute approximate surface area is 184 Å². The Hall–Kier alpha value is -3.94. The van der Waals surface area contributed by atoms with Gasteiger partial charge in [-0.1, -0.05) is 18.2 Å². The van der Waals surface area contributed by atoms with Gasteiger partial charge in [-0.05, 0) is 54.4 Å². The number of nitrogens with zero attached hydrogens (tertiary/aromatic N) is 1. The molecule has 2 heterocycles. The molecule has 1 atom stereocenters. The third-order valence-corrected chi connectivity index (χ3v) is 5.39. The van der Waals surface area contributed by atoms with E-state index in [1.165, 1.54) is 17.2 Å². The van der Waals surface area contributed by atoms with Gasteiger partial charge in [0.05, 0.1) is 12.2 Å². The van der Waals surface area contributed by atoms with Gasteiger partial charge < -0.3 is 20.0 Å². The van der Waals surface area contributed by atoms with E-state index in [2.05, 4.69) is 10.6 Å². The number of rotatable bonds is 6. The van der Waals surface area contributed by atoms with Crippen LogP contribution in [0, 0.1) is 18.7 Å². The molecule has 3 aromatic rings. The normalized spacial score (nSPS) is 15.6. The van der Waals surface area contributed by atoms with Gasteiger partial charge in [0.25, 0.3) is 5.91 Å². The first-order valence-electron chi connectivity index (χ1n) is 10.2. The van der Waals surface area contributed by atoms with E-state index >= 15 is 0 Å². The number of benzene rings is 2. The summed E-state index contributed by atoms with van der Waals surface area (Å²) in [4.78, 5) is 38.4. The van der Waals surface area contributed by atoms with Crippen molar-refractivity contribution in [2.24, 2.45) is 5.92 Å². The number of amides is 3. The molecule has 7 nitrogen and oxygen atoms in total. The number of aryl methyl sites for hydroxylation is 1. The minimum Gasteiger partial charge on any atom is -0.459 e. The monoisotopic (exact) mass is 435 g/mol. The first kappa shape index (κ1) is 21.3. The molecule has 3 amide bonds. The largest absolute Gasteiger partial charge is 0.459 e. The number of furan rings is 1. The summed E-state index contributed by atoms with van der Waals surface area (Å²) < 4.78 is 18.9. The standard InChI is InChI=1S/C24H22FN3O4/c1-15-4-9-19(12-20(15)25)28-14-17(11-22(28)29)23(30)26-13-16-5-7-18(8-6-16)27-24(31)21-3-2-10-32-21/h2-10,12,17H,11,13-14H2,1H3,(H,26,30)(H,27,31)/t17-/m0/s1. The van der Waals surface area contributed by atoms with E-state index in [0.29, 0.717) is 16.9 Å². The summed E-state index contributed by atoms with van der Waals surface area (Å²) in [6, 6.07) is 14.9. The van der Waals surface area contributed by atoms with Crippen LogP contribution in [0.15, 0.2) is 65.3 Å². The molecule has 2 N–H and O–H groups in total. The summed E-state index contributed by atoms with van der Waals surface area (Å²) in [5.41, 5.74) is 2.40. The molecule has 32 heavy (non-hydrogen) atoms. The molecule has 8 heteroatoms. The van der Waals surface area contributed by atoms with E-state index in [1.54, 1.807) is 55.5 Å². The second-order valence-corrected chi connectivity index (χ2v) is 7.69. The molecular weight excluding hydrogens is 413 g/mol. The topological polar surface area (TPSA) is 91.7 Å². The zero-order chi connectivity index (χ0) is 22.7. The number of carbonyl (C=O) groups excluding carboxylic acids is 3. The van der Waals surface area contributed by atoms with Gasteiger partial charge in [0, 0.05) is 30.9 Å². The van der Waals surface area contributed by atoms with Crippen LogP contribution in [0.25, 0.3) is 0 Å². The number of carbonyl (C=O) groups is 3. The van der Waals surface area contributed by atoms with E-state index in [0.717, 1.165) is 5.56 Å². The van der Waals surface area contributed by atoms with Gasteiger partial charge >= 0.3 is 0 Å². The lowest BCUT2D eigenvalue weighted by molar-refractivity contribution is -0.126. The Morgan fingerprint density at radius 2 is 1.94 bits per heavy atom. The van der Waals surface area contributed by atoms with Crippen LogP contribution in [-0.2, 0) is 16.1 Å². The third-order valence-electron chi connectivity index (χ3n) is 5.39. The lowest BCUT2D eigenvalue weighted by atomic mass is 10.1. The smallest absolute Gasteiger partial charge is 0.291 e. The molecule has 1 aliphatic heterocycles. The predicted octanol–water partition coefficient (Wildman–Crippen LogP) is 3.65. The fraction of sp³-hybridized carbons (Fsp3) is 0.208. The van der Waals surface area contributed by atoms with Gasteiger partial charge in [-0.3, -0.25) is 14.4 Å². The van der Waals surface area contributed by atoms with E-state index in [9.17, 15) is 18.8 Å². The molecule has 164 valence electrons. The second kappa shape index (κ2) is 9.05. The third kappa shape index (κ3) is 4.69. The first-order valence-corrected chi connectivity index (χ1v) is 10.2. The highest BCUT2D eigenvalue weighted by molar-refractivity contribution is 6.02. The van der Waals surface area contributed by atoms with Crippen molar-refractivity contribution >= 4 is 29.1 Å². The van der Waals surface area contributed by atoms with Crippen LogP contribution in [-0.4, -0.2) is 24.3 Å². The highest BCUT2D eigenvalue weighted by Crippen LogP contribution is 2.26. The van der Waals surface area contributed by atoms with Crippen LogP contribution < -0.4 is 15.5 Å². The SMILES string of the molecule is Cc1ccc(N2C[C@@H](C(=O)NCc3ccc(NC(=O)c4ccco4)cc3)CC2=O)cc1F. The molecule has 1 aromatic heterocycles. The van der Waals surface area contributed by atoms with Crippen LogP contribution >= 0.6 is 0 Å². The van der Waals surface area contributed by atoms with Gasteiger partial charge in [-0.2, -0.15) is 0 Å². The summed E-state index contributed by atoms with van der Waals surface area (Å²) in [5, 5.41) is 5.57. The Morgan fingerprint density at radius 1 is 1.16 bits per heavy atom. The lowest BCUT2D eigenvalue weighted by Gasteiger charge is -2.17. The van der Waals surface area contributed by atoms with Crippen molar-refractivity contribution in [3.63, 3.8) is 0 Å². The molecule has 0 saturated carbocycles. The molecule has 0 spiro atoms. The van der Waals surface area contributed by atoms with E-state index in [4.69, 9.17) is 4.42 Å². The molecule has 4 rings (SSSR count). The number of hydrogen-bond donors (Lipinski definition) is 2. The van der Waals surface area contributed by atoms with Crippen molar-refractivity contribution in [3.05, 3.63) is 83.6 Å². The van der Waals surface area contributed by atoms with Crippen molar-refractivity contribution in [3.8, 4) is 0 Å². The Kier molecular flexibility index (Phi) is 6.02. The Morgan fingerprint density at radius 3 is 2.62 bits per heavy atom. The van der Waals surface area contributed by atoms with Crippen molar-refractivity contribution in [1.29, 1.82) is 0 Å². The maximum absolute atomic E-state index is 13.8. The summed E-state index contributed by atoms with van der Waals surface area (Å²) in [5.74, 6) is -1.45. The van der Waals surface area contributed by atoms with Gasteiger partial charge in [-0.15, -0.1) is 0 Å². The zero-order valence-corrected chi connectivity index (χ0v) is 17.4. The van der Waals surface area contributed by atoms with Crippen LogP contribution in [0.3, 0.4) is 0 Å². The number of halogens is 1. The predicted molar refractivity (Wildman–Crippen MR) is 117 cm³/mol. The zero-order valence-electron chi connectivity index (χ0n) is 17.4. The molecule has 0 aliphatic carbocycles. The van der Waals surface area contributed by atoms with Crippen molar-refractivity contribution in [2.45, 2.75) is 19.9 Å². The average Bonchev–Trinajstić information content (AvgIpc) is 3.45. The van der Waals surface area contributed by atoms with E-state index in [1.807, 2.05) is 0 Å². The summed E-state index contributed by atoms with van der Waals surface area (Å²) >= 11 is 0. The number of nitrogens with one attached hydrogen (secondary N) is 2. The maximum atomic E-state index is 13.8. The fourth-order valence-electron chi connectivity index (χ4n) is 3.52. The fourth-order valence-corrected chi connectivity index (χ4v) is 3.52. The van der Waals surface area contributed by atoms with E-state index < -0.39 is 5.92 Å². The highest BCUT2D eigenvalue weighted by Gasteiger charge is 2.35. The molecule has 0 unspecified atom stereocenters. The maximum Gasteiger partial charge on any atom is 0.291 e. The van der Waals surface area contributed by atoms with Crippen molar-refractivity contribution in [1.82, 2.24) is 5.32 Å². The summed E-state index contributed by atoms with van der Waals surface area (Å²) in [7, 11) is 0. The van der Waals surface area contributed by atoms with Crippen molar-refractivity contribution in [2.75, 3.05) is 16.8 Å². The quantitative estimate of drug-likeness (QED) is 0.618. The minimum absolute atomic E-state index is 0.0824. The van der Waals surface area contributed by atoms with Gasteiger partial charge in [-0.25, -0.2) is 4.39 Å². The highest BCUT2D eigenvalue weighted by atomic mass is 19.1. The molecule has 1 aliphatic rings. The molecule has 1 saturated heterocycles. The summed E-state index contributed by atoms with van der Waals surface area (Å²) in [6.07, 6.45) is 1.51. The molecular formula is C24H22FN3O4.